The number of nitrogens with zero attached hydrogens (tertiary/aromatic N) is 2. The molecule has 0 radical (unpaired) electrons. The van der Waals surface area contributed by atoms with Crippen LogP contribution < -0.4 is 9.62 Å². The van der Waals surface area contributed by atoms with Crippen molar-refractivity contribution in [2.24, 2.45) is 0 Å². The highest BCUT2D eigenvalue weighted by molar-refractivity contribution is 7.92. The number of carbonyl (C=O) groups excluding carboxylic acids is 2. The van der Waals surface area contributed by atoms with Crippen molar-refractivity contribution in [1.82, 2.24) is 10.2 Å². The molecule has 1 N–H and O–H groups in total. The minimum absolute atomic E-state index is 0.120. The van der Waals surface area contributed by atoms with Crippen molar-refractivity contribution in [3.63, 3.8) is 0 Å². The zero-order chi connectivity index (χ0) is 25.6. The molecule has 0 spiro atoms. The van der Waals surface area contributed by atoms with Crippen LogP contribution in [0, 0.1) is 13.8 Å². The fourth-order valence-electron chi connectivity index (χ4n) is 4.37. The van der Waals surface area contributed by atoms with Crippen molar-refractivity contribution in [1.29, 1.82) is 0 Å². The van der Waals surface area contributed by atoms with Gasteiger partial charge in [0, 0.05) is 12.6 Å². The van der Waals surface area contributed by atoms with Crippen LogP contribution in [0.5, 0.6) is 0 Å². The first-order chi connectivity index (χ1) is 16.5. The first-order valence-corrected chi connectivity index (χ1v) is 14.1. The summed E-state index contributed by atoms with van der Waals surface area (Å²) in [6.07, 6.45) is 6.33. The van der Waals surface area contributed by atoms with Crippen LogP contribution in [0.2, 0.25) is 0 Å². The summed E-state index contributed by atoms with van der Waals surface area (Å²) in [5, 5.41) is 3.11. The van der Waals surface area contributed by atoms with Crippen molar-refractivity contribution in [3.8, 4) is 0 Å². The Hall–Kier alpha value is -2.87. The van der Waals surface area contributed by atoms with Gasteiger partial charge in [-0.2, -0.15) is 0 Å². The minimum Gasteiger partial charge on any atom is -0.352 e. The van der Waals surface area contributed by atoms with E-state index in [1.807, 2.05) is 50.2 Å². The van der Waals surface area contributed by atoms with Gasteiger partial charge in [0.05, 0.1) is 11.9 Å². The van der Waals surface area contributed by atoms with Gasteiger partial charge < -0.3 is 10.2 Å². The van der Waals surface area contributed by atoms with Crippen molar-refractivity contribution in [2.45, 2.75) is 71.5 Å². The third kappa shape index (κ3) is 7.56. The van der Waals surface area contributed by atoms with E-state index in [0.29, 0.717) is 5.69 Å². The predicted molar refractivity (Wildman–Crippen MR) is 140 cm³/mol. The van der Waals surface area contributed by atoms with Crippen LogP contribution in [0.4, 0.5) is 5.69 Å². The van der Waals surface area contributed by atoms with Gasteiger partial charge in [0.2, 0.25) is 21.8 Å². The molecule has 0 aromatic heterocycles. The Kier molecular flexibility index (Phi) is 8.94. The number of amides is 2. The molecule has 8 heteroatoms. The molecule has 2 aromatic carbocycles. The highest BCUT2D eigenvalue weighted by Crippen LogP contribution is 2.21. The first-order valence-electron chi connectivity index (χ1n) is 12.2. The second-order valence-electron chi connectivity index (χ2n) is 9.63. The lowest BCUT2D eigenvalue weighted by Crippen LogP contribution is -2.52. The number of hydrogen-bond donors (Lipinski definition) is 1. The molecule has 190 valence electrons. The third-order valence-corrected chi connectivity index (χ3v) is 7.73. The number of sulfonamides is 1. The second-order valence-corrected chi connectivity index (χ2v) is 11.5. The van der Waals surface area contributed by atoms with Gasteiger partial charge in [-0.1, -0.05) is 66.8 Å². The molecule has 1 aliphatic rings. The monoisotopic (exact) mass is 499 g/mol. The molecule has 35 heavy (non-hydrogen) atoms. The van der Waals surface area contributed by atoms with Crippen LogP contribution in [0.15, 0.2) is 48.5 Å². The summed E-state index contributed by atoms with van der Waals surface area (Å²) in [4.78, 5) is 28.2. The predicted octanol–water partition coefficient (Wildman–Crippen LogP) is 3.94. The normalized spacial score (nSPS) is 15.3. The SMILES string of the molecule is Cc1ccc(CN(C(=O)CN(c2ccc(C)cc2)S(C)(=O)=O)[C@@H](C)C(=O)NC2CCCCC2)cc1. The van der Waals surface area contributed by atoms with Crippen LogP contribution in [0.25, 0.3) is 0 Å². The summed E-state index contributed by atoms with van der Waals surface area (Å²) in [6.45, 7) is 5.44. The number of benzene rings is 2. The van der Waals surface area contributed by atoms with Crippen molar-refractivity contribution >= 4 is 27.5 Å². The van der Waals surface area contributed by atoms with Crippen LogP contribution >= 0.6 is 0 Å². The zero-order valence-corrected chi connectivity index (χ0v) is 22.0. The summed E-state index contributed by atoms with van der Waals surface area (Å²) in [7, 11) is -3.72. The number of nitrogens with one attached hydrogen (secondary N) is 1. The van der Waals surface area contributed by atoms with Crippen molar-refractivity contribution in [3.05, 3.63) is 65.2 Å². The van der Waals surface area contributed by atoms with Gasteiger partial charge >= 0.3 is 0 Å². The molecule has 0 bridgehead atoms. The maximum absolute atomic E-state index is 13.6. The van der Waals surface area contributed by atoms with E-state index in [0.717, 1.165) is 52.9 Å². The topological polar surface area (TPSA) is 86.8 Å². The van der Waals surface area contributed by atoms with Crippen molar-refractivity contribution in [2.75, 3.05) is 17.1 Å². The fraction of sp³-hybridized carbons (Fsp3) is 0.481. The van der Waals surface area contributed by atoms with Gasteiger partial charge in [-0.15, -0.1) is 0 Å². The zero-order valence-electron chi connectivity index (χ0n) is 21.2. The second kappa shape index (κ2) is 11.7. The number of carbonyl (C=O) groups is 2. The summed E-state index contributed by atoms with van der Waals surface area (Å²) in [5.74, 6) is -0.638. The molecule has 3 rings (SSSR count). The minimum atomic E-state index is -3.72. The number of rotatable bonds is 9. The highest BCUT2D eigenvalue weighted by atomic mass is 32.2. The smallest absolute Gasteiger partial charge is 0.244 e. The molecule has 0 heterocycles. The highest BCUT2D eigenvalue weighted by Gasteiger charge is 2.31. The van der Waals surface area contributed by atoms with E-state index >= 15 is 0 Å². The Morgan fingerprint density at radius 1 is 0.943 bits per heavy atom. The summed E-state index contributed by atoms with van der Waals surface area (Å²) in [5.41, 5.74) is 3.38. The molecule has 2 aromatic rings. The van der Waals surface area contributed by atoms with Crippen LogP contribution in [-0.4, -0.2) is 50.0 Å². The van der Waals surface area contributed by atoms with E-state index in [4.69, 9.17) is 0 Å². The van der Waals surface area contributed by atoms with Gasteiger partial charge in [0.25, 0.3) is 0 Å². The van der Waals surface area contributed by atoms with E-state index in [1.165, 1.54) is 11.3 Å². The molecule has 1 fully saturated rings. The van der Waals surface area contributed by atoms with Gasteiger partial charge in [-0.3, -0.25) is 13.9 Å². The van der Waals surface area contributed by atoms with Gasteiger partial charge in [0.15, 0.2) is 0 Å². The maximum atomic E-state index is 13.6. The van der Waals surface area contributed by atoms with Gasteiger partial charge in [0.1, 0.15) is 12.6 Å². The van der Waals surface area contributed by atoms with E-state index < -0.39 is 22.0 Å². The maximum Gasteiger partial charge on any atom is 0.244 e. The Balaban J connectivity index is 1.85. The molecule has 2 amide bonds. The van der Waals surface area contributed by atoms with E-state index in [-0.39, 0.29) is 25.0 Å². The van der Waals surface area contributed by atoms with Crippen LogP contribution in [-0.2, 0) is 26.2 Å². The molecular weight excluding hydrogens is 462 g/mol. The van der Waals surface area contributed by atoms with E-state index in [9.17, 15) is 18.0 Å². The Morgan fingerprint density at radius 3 is 2.03 bits per heavy atom. The van der Waals surface area contributed by atoms with Crippen LogP contribution in [0.1, 0.15) is 55.7 Å². The Morgan fingerprint density at radius 2 is 1.49 bits per heavy atom. The largest absolute Gasteiger partial charge is 0.352 e. The van der Waals surface area contributed by atoms with Crippen molar-refractivity contribution < 1.29 is 18.0 Å². The lowest BCUT2D eigenvalue weighted by Gasteiger charge is -2.33. The number of anilines is 1. The molecular formula is C27H37N3O4S. The first kappa shape index (κ1) is 26.7. The van der Waals surface area contributed by atoms with Crippen LogP contribution in [0.3, 0.4) is 0 Å². The average Bonchev–Trinajstić information content (AvgIpc) is 2.82. The van der Waals surface area contributed by atoms with Gasteiger partial charge in [-0.25, -0.2) is 8.42 Å². The molecule has 0 unspecified atom stereocenters. The molecule has 7 nitrogen and oxygen atoms in total. The molecule has 1 aliphatic carbocycles. The quantitative estimate of drug-likeness (QED) is 0.566. The number of aryl methyl sites for hydroxylation is 2. The molecule has 0 aliphatic heterocycles. The third-order valence-electron chi connectivity index (χ3n) is 6.59. The average molecular weight is 500 g/mol. The van der Waals surface area contributed by atoms with E-state index in [1.54, 1.807) is 19.1 Å². The fourth-order valence-corrected chi connectivity index (χ4v) is 5.22. The molecule has 1 saturated carbocycles. The van der Waals surface area contributed by atoms with Gasteiger partial charge in [-0.05, 0) is 51.3 Å². The summed E-state index contributed by atoms with van der Waals surface area (Å²) < 4.78 is 26.3. The molecule has 0 saturated heterocycles. The molecule has 1 atom stereocenters. The number of hydrogen-bond acceptors (Lipinski definition) is 4. The summed E-state index contributed by atoms with van der Waals surface area (Å²) >= 11 is 0. The lowest BCUT2D eigenvalue weighted by molar-refractivity contribution is -0.139. The lowest BCUT2D eigenvalue weighted by atomic mass is 9.95. The standard InChI is InChI=1S/C27H37N3O4S/c1-20-10-14-23(15-11-20)18-29(22(3)27(32)28-24-8-6-5-7-9-24)26(31)19-30(35(4,33)34)25-16-12-21(2)13-17-25/h10-17,22,24H,5-9,18-19H2,1-4H3,(H,28,32)/t22-/m0/s1. The Labute approximate surface area is 209 Å². The van der Waals surface area contributed by atoms with E-state index in [2.05, 4.69) is 5.32 Å². The Bertz CT molecular complexity index is 1110. The summed E-state index contributed by atoms with van der Waals surface area (Å²) in [6, 6.07) is 14.1.